The lowest BCUT2D eigenvalue weighted by Crippen LogP contribution is -2.22. The molecule has 0 saturated carbocycles. The van der Waals surface area contributed by atoms with Crippen LogP contribution in [0.4, 0.5) is 5.00 Å². The molecule has 148 valence electrons. The summed E-state index contributed by atoms with van der Waals surface area (Å²) in [5, 5.41) is 3.47. The molecule has 1 aromatic carbocycles. The summed E-state index contributed by atoms with van der Waals surface area (Å²) in [7, 11) is 1.38. The molecule has 0 atom stereocenters. The first-order valence-electron chi connectivity index (χ1n) is 9.93. The average Bonchev–Trinajstić information content (AvgIpc) is 3.09. The Hall–Kier alpha value is -2.34. The monoisotopic (exact) mass is 399 g/mol. The van der Waals surface area contributed by atoms with Gasteiger partial charge in [0, 0.05) is 4.88 Å². The highest BCUT2D eigenvalue weighted by Gasteiger charge is 2.27. The molecular formula is C22H25NO4S. The Morgan fingerprint density at radius 3 is 2.61 bits per heavy atom. The lowest BCUT2D eigenvalue weighted by Gasteiger charge is -2.19. The molecule has 0 aliphatic heterocycles. The van der Waals surface area contributed by atoms with Gasteiger partial charge in [0.2, 0.25) is 0 Å². The van der Waals surface area contributed by atoms with Crippen LogP contribution in [0.25, 0.3) is 0 Å². The predicted octanol–water partition coefficient (Wildman–Crippen LogP) is 4.31. The molecule has 2 aliphatic carbocycles. The summed E-state index contributed by atoms with van der Waals surface area (Å²) in [5.41, 5.74) is 4.11. The molecule has 1 amide bonds. The second-order valence-corrected chi connectivity index (χ2v) is 8.45. The zero-order valence-corrected chi connectivity index (χ0v) is 17.0. The van der Waals surface area contributed by atoms with Crippen LogP contribution >= 0.6 is 11.3 Å². The molecule has 2 aromatic rings. The maximum atomic E-state index is 12.5. The number of methoxy groups -OCH3 is 1. The fourth-order valence-corrected chi connectivity index (χ4v) is 5.45. The van der Waals surface area contributed by atoms with Crippen molar-refractivity contribution >= 4 is 28.2 Å². The second kappa shape index (κ2) is 8.35. The molecule has 28 heavy (non-hydrogen) atoms. The molecule has 0 radical (unpaired) electrons. The molecule has 1 heterocycles. The summed E-state index contributed by atoms with van der Waals surface area (Å²) in [5.74, 6) is 0.163. The van der Waals surface area contributed by atoms with Crippen LogP contribution in [0, 0.1) is 0 Å². The number of rotatable bonds is 5. The number of ether oxygens (including phenoxy) is 2. The molecule has 0 saturated heterocycles. The van der Waals surface area contributed by atoms with Gasteiger partial charge >= 0.3 is 5.97 Å². The number of anilines is 1. The number of benzene rings is 1. The van der Waals surface area contributed by atoms with Crippen LogP contribution in [0.15, 0.2) is 18.2 Å². The van der Waals surface area contributed by atoms with Crippen molar-refractivity contribution in [2.75, 3.05) is 19.0 Å². The third-order valence-corrected chi connectivity index (χ3v) is 6.73. The Morgan fingerprint density at radius 1 is 1.04 bits per heavy atom. The van der Waals surface area contributed by atoms with E-state index in [1.54, 1.807) is 0 Å². The SMILES string of the molecule is COC(=O)c1c(NC(=O)COc2cccc3c2CCCC3)sc2c1CCCC2. The number of esters is 1. The zero-order chi connectivity index (χ0) is 19.5. The highest BCUT2D eigenvalue weighted by molar-refractivity contribution is 7.17. The van der Waals surface area contributed by atoms with E-state index in [-0.39, 0.29) is 18.5 Å². The van der Waals surface area contributed by atoms with Gasteiger partial charge in [-0.3, -0.25) is 4.79 Å². The molecule has 6 heteroatoms. The van der Waals surface area contributed by atoms with Gasteiger partial charge in [0.1, 0.15) is 10.8 Å². The first-order chi connectivity index (χ1) is 13.7. The Balaban J connectivity index is 1.47. The fourth-order valence-electron chi connectivity index (χ4n) is 4.16. The Bertz CT molecular complexity index is 902. The summed E-state index contributed by atoms with van der Waals surface area (Å²) < 4.78 is 10.8. The number of fused-ring (bicyclic) bond motifs is 2. The van der Waals surface area contributed by atoms with Crippen LogP contribution in [-0.2, 0) is 35.2 Å². The smallest absolute Gasteiger partial charge is 0.341 e. The highest BCUT2D eigenvalue weighted by Crippen LogP contribution is 2.38. The van der Waals surface area contributed by atoms with Crippen molar-refractivity contribution in [2.45, 2.75) is 51.4 Å². The molecule has 1 aromatic heterocycles. The van der Waals surface area contributed by atoms with Crippen molar-refractivity contribution in [1.82, 2.24) is 0 Å². The van der Waals surface area contributed by atoms with E-state index >= 15 is 0 Å². The van der Waals surface area contributed by atoms with Crippen molar-refractivity contribution in [3.05, 3.63) is 45.3 Å². The Morgan fingerprint density at radius 2 is 1.79 bits per heavy atom. The van der Waals surface area contributed by atoms with Gasteiger partial charge in [0.05, 0.1) is 12.7 Å². The summed E-state index contributed by atoms with van der Waals surface area (Å²) >= 11 is 1.49. The van der Waals surface area contributed by atoms with Crippen molar-refractivity contribution in [1.29, 1.82) is 0 Å². The number of aryl methyl sites for hydroxylation is 2. The van der Waals surface area contributed by atoms with Crippen molar-refractivity contribution in [3.63, 3.8) is 0 Å². The Labute approximate surface area is 169 Å². The van der Waals surface area contributed by atoms with Crippen LogP contribution in [0.5, 0.6) is 5.75 Å². The van der Waals surface area contributed by atoms with E-state index in [0.29, 0.717) is 10.6 Å². The number of nitrogens with one attached hydrogen (secondary N) is 1. The summed E-state index contributed by atoms with van der Waals surface area (Å²) in [6, 6.07) is 6.06. The molecule has 4 rings (SSSR count). The van der Waals surface area contributed by atoms with Gasteiger partial charge in [0.15, 0.2) is 6.61 Å². The summed E-state index contributed by atoms with van der Waals surface area (Å²) in [4.78, 5) is 26.0. The molecule has 5 nitrogen and oxygen atoms in total. The van der Waals surface area contributed by atoms with Gasteiger partial charge < -0.3 is 14.8 Å². The highest BCUT2D eigenvalue weighted by atomic mass is 32.1. The van der Waals surface area contributed by atoms with Gasteiger partial charge in [-0.25, -0.2) is 4.79 Å². The van der Waals surface area contributed by atoms with E-state index < -0.39 is 0 Å². The quantitative estimate of drug-likeness (QED) is 0.761. The van der Waals surface area contributed by atoms with Gasteiger partial charge in [-0.15, -0.1) is 11.3 Å². The summed E-state index contributed by atoms with van der Waals surface area (Å²) in [6.07, 6.45) is 8.41. The molecule has 0 bridgehead atoms. The number of carbonyl (C=O) groups is 2. The molecule has 0 spiro atoms. The van der Waals surface area contributed by atoms with E-state index in [0.717, 1.165) is 56.3 Å². The molecule has 2 aliphatic rings. The minimum absolute atomic E-state index is 0.0698. The second-order valence-electron chi connectivity index (χ2n) is 7.34. The minimum atomic E-state index is -0.382. The number of hydrogen-bond donors (Lipinski definition) is 1. The largest absolute Gasteiger partial charge is 0.483 e. The third kappa shape index (κ3) is 3.78. The minimum Gasteiger partial charge on any atom is -0.483 e. The van der Waals surface area contributed by atoms with Gasteiger partial charge in [-0.1, -0.05) is 12.1 Å². The normalized spacial score (nSPS) is 15.3. The van der Waals surface area contributed by atoms with E-state index in [4.69, 9.17) is 9.47 Å². The molecular weight excluding hydrogens is 374 g/mol. The maximum absolute atomic E-state index is 12.5. The fraction of sp³-hybridized carbons (Fsp3) is 0.455. The summed E-state index contributed by atoms with van der Waals surface area (Å²) in [6.45, 7) is -0.0698. The van der Waals surface area contributed by atoms with E-state index in [2.05, 4.69) is 11.4 Å². The van der Waals surface area contributed by atoms with Gasteiger partial charge in [-0.2, -0.15) is 0 Å². The van der Waals surface area contributed by atoms with Crippen LogP contribution < -0.4 is 10.1 Å². The van der Waals surface area contributed by atoms with E-state index in [1.807, 2.05) is 12.1 Å². The first-order valence-corrected chi connectivity index (χ1v) is 10.7. The van der Waals surface area contributed by atoms with Crippen LogP contribution in [-0.4, -0.2) is 25.6 Å². The number of hydrogen-bond acceptors (Lipinski definition) is 5. The number of amides is 1. The lowest BCUT2D eigenvalue weighted by molar-refractivity contribution is -0.118. The third-order valence-electron chi connectivity index (χ3n) is 5.53. The van der Waals surface area contributed by atoms with Gasteiger partial charge in [0.25, 0.3) is 5.91 Å². The lowest BCUT2D eigenvalue weighted by atomic mass is 9.91. The predicted molar refractivity (Wildman–Crippen MR) is 110 cm³/mol. The van der Waals surface area contributed by atoms with Crippen LogP contribution in [0.2, 0.25) is 0 Å². The van der Waals surface area contributed by atoms with E-state index in [1.165, 1.54) is 40.9 Å². The van der Waals surface area contributed by atoms with Crippen molar-refractivity contribution in [3.8, 4) is 5.75 Å². The standard InChI is InChI=1S/C22H25NO4S/c1-26-22(25)20-16-10-4-5-12-18(16)28-21(20)23-19(24)13-27-17-11-6-8-14-7-2-3-9-15(14)17/h6,8,11H,2-5,7,9-10,12-13H2,1H3,(H,23,24). The molecule has 0 unspecified atom stereocenters. The maximum Gasteiger partial charge on any atom is 0.341 e. The average molecular weight is 400 g/mol. The van der Waals surface area contributed by atoms with Crippen molar-refractivity contribution < 1.29 is 19.1 Å². The van der Waals surface area contributed by atoms with Crippen molar-refractivity contribution in [2.24, 2.45) is 0 Å². The van der Waals surface area contributed by atoms with Crippen LogP contribution in [0.3, 0.4) is 0 Å². The van der Waals surface area contributed by atoms with Gasteiger partial charge in [-0.05, 0) is 74.1 Å². The Kier molecular flexibility index (Phi) is 5.67. The molecule has 0 fully saturated rings. The number of carbonyl (C=O) groups excluding carboxylic acids is 2. The molecule has 1 N–H and O–H groups in total. The van der Waals surface area contributed by atoms with E-state index in [9.17, 15) is 9.59 Å². The first kappa shape index (κ1) is 19.0. The van der Waals surface area contributed by atoms with Crippen LogP contribution in [0.1, 0.15) is 57.6 Å². The topological polar surface area (TPSA) is 64.6 Å². The number of thiophene rings is 1. The zero-order valence-electron chi connectivity index (χ0n) is 16.1.